The number of carbonyl (C=O) groups excluding carboxylic acids is 4. The number of ether oxygens (including phenoxy) is 5. The van der Waals surface area contributed by atoms with Crippen molar-refractivity contribution >= 4 is 23.9 Å². The Morgan fingerprint density at radius 1 is 0.720 bits per heavy atom. The van der Waals surface area contributed by atoms with Gasteiger partial charge in [-0.15, -0.1) is 0 Å². The molecule has 0 saturated carbocycles. The van der Waals surface area contributed by atoms with Crippen molar-refractivity contribution in [3.8, 4) is 0 Å². The van der Waals surface area contributed by atoms with Gasteiger partial charge in [0.1, 0.15) is 0 Å². The van der Waals surface area contributed by atoms with E-state index in [9.17, 15) is 29.4 Å². The van der Waals surface area contributed by atoms with E-state index in [1.54, 1.807) is 0 Å². The van der Waals surface area contributed by atoms with E-state index in [-0.39, 0.29) is 0 Å². The molecule has 11 nitrogen and oxygen atoms in total. The van der Waals surface area contributed by atoms with Gasteiger partial charge in [-0.1, -0.05) is 0 Å². The van der Waals surface area contributed by atoms with Gasteiger partial charge in [0.2, 0.25) is 12.4 Å². The van der Waals surface area contributed by atoms with E-state index < -0.39 is 60.9 Å². The molecule has 2 N–H and O–H groups in total. The van der Waals surface area contributed by atoms with Crippen LogP contribution in [0.2, 0.25) is 0 Å². The zero-order chi connectivity index (χ0) is 19.3. The zero-order valence-electron chi connectivity index (χ0n) is 14.0. The molecule has 0 aromatic carbocycles. The third-order valence-electron chi connectivity index (χ3n) is 3.01. The largest absolute Gasteiger partial charge is 0.455 e. The van der Waals surface area contributed by atoms with Gasteiger partial charge in [0.15, 0.2) is 24.6 Å². The van der Waals surface area contributed by atoms with Crippen molar-refractivity contribution < 1.29 is 53.1 Å². The van der Waals surface area contributed by atoms with Crippen LogP contribution in [-0.2, 0) is 42.9 Å². The van der Waals surface area contributed by atoms with Crippen LogP contribution in [0.25, 0.3) is 0 Å². The molecule has 0 spiro atoms. The summed E-state index contributed by atoms with van der Waals surface area (Å²) >= 11 is 0. The Morgan fingerprint density at radius 3 is 1.52 bits per heavy atom. The second-order valence-corrected chi connectivity index (χ2v) is 5.21. The van der Waals surface area contributed by atoms with Crippen LogP contribution >= 0.6 is 0 Å². The first-order valence-corrected chi connectivity index (χ1v) is 7.23. The summed E-state index contributed by atoms with van der Waals surface area (Å²) in [5.41, 5.74) is 0. The molecule has 1 saturated heterocycles. The van der Waals surface area contributed by atoms with Crippen LogP contribution in [0.5, 0.6) is 0 Å². The summed E-state index contributed by atoms with van der Waals surface area (Å²) < 4.78 is 25.0. The molecule has 1 aliphatic heterocycles. The van der Waals surface area contributed by atoms with Crippen LogP contribution in [0.15, 0.2) is 0 Å². The van der Waals surface area contributed by atoms with E-state index in [4.69, 9.17) is 23.7 Å². The van der Waals surface area contributed by atoms with E-state index in [0.29, 0.717) is 0 Å². The van der Waals surface area contributed by atoms with Crippen molar-refractivity contribution in [3.63, 3.8) is 0 Å². The monoisotopic (exact) mass is 364 g/mol. The highest BCUT2D eigenvalue weighted by atomic mass is 16.7. The molecular formula is C14H20O11. The highest BCUT2D eigenvalue weighted by Gasteiger charge is 2.55. The molecule has 1 aliphatic rings. The maximum atomic E-state index is 11.4. The molecule has 0 aliphatic carbocycles. The number of aliphatic hydroxyl groups excluding tert-OH is 1. The second-order valence-electron chi connectivity index (χ2n) is 5.21. The summed E-state index contributed by atoms with van der Waals surface area (Å²) in [4.78, 5) is 45.3. The first-order chi connectivity index (χ1) is 11.5. The Hall–Kier alpha value is -2.24. The maximum absolute atomic E-state index is 11.4. The van der Waals surface area contributed by atoms with Crippen LogP contribution in [-0.4, -0.2) is 71.1 Å². The lowest BCUT2D eigenvalue weighted by Crippen LogP contribution is -2.64. The van der Waals surface area contributed by atoms with Crippen LogP contribution in [0.1, 0.15) is 27.7 Å². The molecule has 0 aromatic rings. The van der Waals surface area contributed by atoms with Gasteiger partial charge >= 0.3 is 23.9 Å². The van der Waals surface area contributed by atoms with Gasteiger partial charge in [0, 0.05) is 27.7 Å². The number of hydrogen-bond acceptors (Lipinski definition) is 11. The molecule has 0 bridgehead atoms. The van der Waals surface area contributed by atoms with Gasteiger partial charge in [-0.05, 0) is 0 Å². The average molecular weight is 364 g/mol. The number of aliphatic hydroxyl groups is 2. The molecule has 142 valence electrons. The van der Waals surface area contributed by atoms with Crippen LogP contribution < -0.4 is 0 Å². The van der Waals surface area contributed by atoms with Gasteiger partial charge in [-0.3, -0.25) is 19.2 Å². The third kappa shape index (κ3) is 5.96. The minimum Gasteiger partial charge on any atom is -0.455 e. The van der Waals surface area contributed by atoms with E-state index in [1.807, 2.05) is 0 Å². The Kier molecular flexibility index (Phi) is 7.27. The van der Waals surface area contributed by atoms with Crippen LogP contribution in [0.3, 0.4) is 0 Å². The van der Waals surface area contributed by atoms with Crippen LogP contribution in [0.4, 0.5) is 0 Å². The highest BCUT2D eigenvalue weighted by Crippen LogP contribution is 2.30. The topological polar surface area (TPSA) is 155 Å². The first-order valence-electron chi connectivity index (χ1n) is 7.23. The summed E-state index contributed by atoms with van der Waals surface area (Å²) in [5, 5.41) is 19.0. The molecule has 0 radical (unpaired) electrons. The second kappa shape index (κ2) is 8.74. The molecule has 5 unspecified atom stereocenters. The van der Waals surface area contributed by atoms with E-state index in [0.717, 1.165) is 27.7 Å². The Balaban J connectivity index is 3.31. The molecule has 1 fully saturated rings. The molecule has 25 heavy (non-hydrogen) atoms. The molecule has 5 atom stereocenters. The minimum atomic E-state index is -2.18. The maximum Gasteiger partial charge on any atom is 0.305 e. The molecule has 0 aromatic heterocycles. The third-order valence-corrected chi connectivity index (χ3v) is 3.01. The van der Waals surface area contributed by atoms with Crippen molar-refractivity contribution in [1.82, 2.24) is 0 Å². The van der Waals surface area contributed by atoms with Crippen molar-refractivity contribution in [2.24, 2.45) is 0 Å². The van der Waals surface area contributed by atoms with Crippen molar-refractivity contribution in [3.05, 3.63) is 0 Å². The van der Waals surface area contributed by atoms with Gasteiger partial charge in [0.25, 0.3) is 0 Å². The van der Waals surface area contributed by atoms with E-state index in [1.165, 1.54) is 0 Å². The predicted octanol–water partition coefficient (Wildman–Crippen LogP) is -1.62. The SMILES string of the molecule is CC(=O)OC1OC(C(O)O)C(OC(C)=O)C(OC(C)=O)C1OC(C)=O. The van der Waals surface area contributed by atoms with E-state index >= 15 is 0 Å². The molecule has 1 rings (SSSR count). The van der Waals surface area contributed by atoms with Gasteiger partial charge in [0.05, 0.1) is 0 Å². The van der Waals surface area contributed by atoms with Gasteiger partial charge in [-0.25, -0.2) is 0 Å². The smallest absolute Gasteiger partial charge is 0.305 e. The molecular weight excluding hydrogens is 344 g/mol. The number of carbonyl (C=O) groups is 4. The van der Waals surface area contributed by atoms with Gasteiger partial charge in [-0.2, -0.15) is 0 Å². The molecule has 1 heterocycles. The fraction of sp³-hybridized carbons (Fsp3) is 0.714. The van der Waals surface area contributed by atoms with Crippen molar-refractivity contribution in [2.75, 3.05) is 0 Å². The summed E-state index contributed by atoms with van der Waals surface area (Å²) in [6.07, 6.45) is -9.97. The number of hydrogen-bond donors (Lipinski definition) is 2. The highest BCUT2D eigenvalue weighted by molar-refractivity contribution is 5.69. The number of esters is 4. The Labute approximate surface area is 142 Å². The fourth-order valence-electron chi connectivity index (χ4n) is 2.30. The Morgan fingerprint density at radius 2 is 1.12 bits per heavy atom. The van der Waals surface area contributed by atoms with Crippen molar-refractivity contribution in [2.45, 2.75) is 64.7 Å². The lowest BCUT2D eigenvalue weighted by Gasteiger charge is -2.44. The average Bonchev–Trinajstić information content (AvgIpc) is 2.42. The fourth-order valence-corrected chi connectivity index (χ4v) is 2.30. The summed E-state index contributed by atoms with van der Waals surface area (Å²) in [6.45, 7) is 4.15. The summed E-state index contributed by atoms with van der Waals surface area (Å²) in [6, 6.07) is 0. The standard InChI is InChI=1S/C14H20O11/c1-5(15)21-9-10(22-6(2)16)12(23-7(3)17)14(24-8(4)18)25-11(9)13(19)20/h9-14,19-20H,1-4H3. The minimum absolute atomic E-state index is 0.826. The first kappa shape index (κ1) is 20.8. The summed E-state index contributed by atoms with van der Waals surface area (Å²) in [7, 11) is 0. The normalized spacial score (nSPS) is 28.8. The summed E-state index contributed by atoms with van der Waals surface area (Å²) in [5.74, 6) is -3.34. The van der Waals surface area contributed by atoms with Gasteiger partial charge < -0.3 is 33.9 Å². The predicted molar refractivity (Wildman–Crippen MR) is 75.3 cm³/mol. The lowest BCUT2D eigenvalue weighted by molar-refractivity contribution is -0.324. The van der Waals surface area contributed by atoms with E-state index in [2.05, 4.69) is 0 Å². The quantitative estimate of drug-likeness (QED) is 0.328. The number of rotatable bonds is 5. The van der Waals surface area contributed by atoms with Crippen molar-refractivity contribution in [1.29, 1.82) is 0 Å². The molecule has 0 amide bonds. The zero-order valence-corrected chi connectivity index (χ0v) is 14.0. The lowest BCUT2D eigenvalue weighted by atomic mass is 9.97. The molecule has 11 heteroatoms. The Bertz CT molecular complexity index is 529. The van der Waals surface area contributed by atoms with Crippen LogP contribution in [0, 0.1) is 0 Å².